The van der Waals surface area contributed by atoms with Crippen LogP contribution in [0.5, 0.6) is 0 Å². The number of hydrogen-bond donors (Lipinski definition) is 0. The Morgan fingerprint density at radius 3 is 2.69 bits per heavy atom. The van der Waals surface area contributed by atoms with Gasteiger partial charge in [-0.15, -0.1) is 0 Å². The minimum atomic E-state index is 0.643. The lowest BCUT2D eigenvalue weighted by Crippen LogP contribution is -2.45. The molecule has 2 aliphatic heterocycles. The highest BCUT2D eigenvalue weighted by atomic mass is 15.4. The molecule has 2 aliphatic rings. The van der Waals surface area contributed by atoms with E-state index in [1.165, 1.54) is 13.0 Å². The van der Waals surface area contributed by atoms with Crippen molar-refractivity contribution in [3.05, 3.63) is 17.6 Å². The summed E-state index contributed by atoms with van der Waals surface area (Å²) in [7, 11) is 2.22. The molecule has 1 aromatic heterocycles. The molecule has 0 N–H and O–H groups in total. The standard InChI is InChI=1S/C12H18N4/c1-8-5-13-9(2)12(14-8)16-7-10-4-11(16)6-15(10)3/h5,10-11H,4,6-7H2,1-3H3. The van der Waals surface area contributed by atoms with Gasteiger partial charge in [-0.3, -0.25) is 9.88 Å². The van der Waals surface area contributed by atoms with Crippen molar-refractivity contribution >= 4 is 5.82 Å². The third kappa shape index (κ3) is 1.40. The molecule has 0 radical (unpaired) electrons. The van der Waals surface area contributed by atoms with Crippen LogP contribution < -0.4 is 4.90 Å². The third-order valence-corrected chi connectivity index (χ3v) is 3.84. The first-order valence-electron chi connectivity index (χ1n) is 5.92. The predicted octanol–water partition coefficient (Wildman–Crippen LogP) is 0.986. The summed E-state index contributed by atoms with van der Waals surface area (Å²) in [6.07, 6.45) is 3.13. The van der Waals surface area contributed by atoms with Gasteiger partial charge in [0.05, 0.1) is 11.4 Å². The summed E-state index contributed by atoms with van der Waals surface area (Å²) in [5, 5.41) is 0. The van der Waals surface area contributed by atoms with Crippen molar-refractivity contribution in [1.29, 1.82) is 0 Å². The van der Waals surface area contributed by atoms with Crippen LogP contribution in [0.4, 0.5) is 5.82 Å². The van der Waals surface area contributed by atoms with Crippen LogP contribution >= 0.6 is 0 Å². The number of aromatic nitrogens is 2. The van der Waals surface area contributed by atoms with Gasteiger partial charge in [-0.25, -0.2) is 4.98 Å². The number of anilines is 1. The van der Waals surface area contributed by atoms with Gasteiger partial charge in [0.1, 0.15) is 0 Å². The Labute approximate surface area is 96.3 Å². The molecule has 86 valence electrons. The van der Waals surface area contributed by atoms with Crippen molar-refractivity contribution in [2.24, 2.45) is 0 Å². The molecule has 2 bridgehead atoms. The van der Waals surface area contributed by atoms with Gasteiger partial charge in [0, 0.05) is 31.4 Å². The fraction of sp³-hybridized carbons (Fsp3) is 0.667. The van der Waals surface area contributed by atoms with Crippen LogP contribution in [-0.4, -0.2) is 47.1 Å². The largest absolute Gasteiger partial charge is 0.349 e. The van der Waals surface area contributed by atoms with E-state index >= 15 is 0 Å². The fourth-order valence-electron chi connectivity index (χ4n) is 2.92. The fourth-order valence-corrected chi connectivity index (χ4v) is 2.92. The summed E-state index contributed by atoms with van der Waals surface area (Å²) in [4.78, 5) is 14.0. The van der Waals surface area contributed by atoms with Crippen LogP contribution in [0, 0.1) is 13.8 Å². The van der Waals surface area contributed by atoms with Crippen molar-refractivity contribution < 1.29 is 0 Å². The number of nitrogens with zero attached hydrogens (tertiary/aromatic N) is 4. The molecule has 0 saturated carbocycles. The average Bonchev–Trinajstić information content (AvgIpc) is 2.80. The van der Waals surface area contributed by atoms with E-state index in [1.807, 2.05) is 13.1 Å². The zero-order valence-electron chi connectivity index (χ0n) is 10.1. The maximum atomic E-state index is 4.64. The number of fused-ring (bicyclic) bond motifs is 2. The molecule has 0 spiro atoms. The van der Waals surface area contributed by atoms with Crippen LogP contribution in [-0.2, 0) is 0 Å². The normalized spacial score (nSPS) is 29.1. The van der Waals surface area contributed by atoms with Crippen LogP contribution in [0.25, 0.3) is 0 Å². The summed E-state index contributed by atoms with van der Waals surface area (Å²) >= 11 is 0. The molecular formula is C12H18N4. The minimum absolute atomic E-state index is 0.643. The molecule has 2 saturated heterocycles. The number of likely N-dealkylation sites (tertiary alicyclic amines) is 1. The topological polar surface area (TPSA) is 32.3 Å². The molecule has 2 atom stereocenters. The van der Waals surface area contributed by atoms with E-state index < -0.39 is 0 Å². The lowest BCUT2D eigenvalue weighted by atomic mass is 10.2. The Bertz CT molecular complexity index is 415. The van der Waals surface area contributed by atoms with Crippen molar-refractivity contribution in [3.8, 4) is 0 Å². The third-order valence-electron chi connectivity index (χ3n) is 3.84. The van der Waals surface area contributed by atoms with Crippen LogP contribution in [0.2, 0.25) is 0 Å². The molecule has 2 fully saturated rings. The summed E-state index contributed by atoms with van der Waals surface area (Å²) < 4.78 is 0. The number of rotatable bonds is 1. The molecule has 4 heteroatoms. The zero-order chi connectivity index (χ0) is 11.3. The van der Waals surface area contributed by atoms with Crippen LogP contribution in [0.3, 0.4) is 0 Å². The molecule has 2 unspecified atom stereocenters. The van der Waals surface area contributed by atoms with E-state index in [9.17, 15) is 0 Å². The Balaban J connectivity index is 1.92. The monoisotopic (exact) mass is 218 g/mol. The number of hydrogen-bond acceptors (Lipinski definition) is 4. The van der Waals surface area contributed by atoms with E-state index in [-0.39, 0.29) is 0 Å². The first-order valence-corrected chi connectivity index (χ1v) is 5.92. The van der Waals surface area contributed by atoms with Crippen LogP contribution in [0.1, 0.15) is 17.8 Å². The van der Waals surface area contributed by atoms with E-state index in [0.717, 1.165) is 23.8 Å². The second-order valence-electron chi connectivity index (χ2n) is 5.06. The van der Waals surface area contributed by atoms with Crippen molar-refractivity contribution in [3.63, 3.8) is 0 Å². The van der Waals surface area contributed by atoms with Crippen molar-refractivity contribution in [2.75, 3.05) is 25.0 Å². The average molecular weight is 218 g/mol. The predicted molar refractivity (Wildman–Crippen MR) is 63.7 cm³/mol. The van der Waals surface area contributed by atoms with Gasteiger partial charge in [-0.05, 0) is 27.3 Å². The first kappa shape index (κ1) is 10.0. The van der Waals surface area contributed by atoms with Gasteiger partial charge in [-0.1, -0.05) is 0 Å². The highest BCUT2D eigenvalue weighted by molar-refractivity contribution is 5.47. The first-order chi connectivity index (χ1) is 7.65. The Morgan fingerprint density at radius 2 is 2.06 bits per heavy atom. The van der Waals surface area contributed by atoms with E-state index in [0.29, 0.717) is 12.1 Å². The molecule has 3 heterocycles. The van der Waals surface area contributed by atoms with E-state index in [4.69, 9.17) is 0 Å². The quantitative estimate of drug-likeness (QED) is 0.703. The molecule has 0 aliphatic carbocycles. The number of aryl methyl sites for hydroxylation is 2. The maximum absolute atomic E-state index is 4.64. The lowest BCUT2D eigenvalue weighted by Gasteiger charge is -2.33. The number of likely N-dealkylation sites (N-methyl/N-ethyl adjacent to an activating group) is 1. The van der Waals surface area contributed by atoms with Gasteiger partial charge >= 0.3 is 0 Å². The highest BCUT2D eigenvalue weighted by Gasteiger charge is 2.42. The summed E-state index contributed by atoms with van der Waals surface area (Å²) in [6.45, 7) is 6.34. The van der Waals surface area contributed by atoms with Gasteiger partial charge in [0.2, 0.25) is 0 Å². The summed E-state index contributed by atoms with van der Waals surface area (Å²) in [5.74, 6) is 1.10. The van der Waals surface area contributed by atoms with E-state index in [2.05, 4.69) is 33.7 Å². The second-order valence-corrected chi connectivity index (χ2v) is 5.06. The SMILES string of the molecule is Cc1cnc(C)c(N2CC3CC2CN3C)n1. The van der Waals surface area contributed by atoms with Crippen molar-refractivity contribution in [2.45, 2.75) is 32.4 Å². The molecule has 0 amide bonds. The highest BCUT2D eigenvalue weighted by Crippen LogP contribution is 2.33. The Morgan fingerprint density at radius 1 is 1.25 bits per heavy atom. The van der Waals surface area contributed by atoms with Gasteiger partial charge in [0.25, 0.3) is 0 Å². The second kappa shape index (κ2) is 3.42. The molecule has 0 aromatic carbocycles. The van der Waals surface area contributed by atoms with Crippen molar-refractivity contribution in [1.82, 2.24) is 14.9 Å². The summed E-state index contributed by atoms with van der Waals surface area (Å²) in [6, 6.07) is 1.36. The minimum Gasteiger partial charge on any atom is -0.349 e. The lowest BCUT2D eigenvalue weighted by molar-refractivity contribution is 0.292. The molecule has 16 heavy (non-hydrogen) atoms. The van der Waals surface area contributed by atoms with Crippen LogP contribution in [0.15, 0.2) is 6.20 Å². The maximum Gasteiger partial charge on any atom is 0.150 e. The zero-order valence-corrected chi connectivity index (χ0v) is 10.1. The number of piperazine rings is 1. The Kier molecular flexibility index (Phi) is 2.14. The molecule has 4 nitrogen and oxygen atoms in total. The Hall–Kier alpha value is -1.16. The molecule has 3 rings (SSSR count). The van der Waals surface area contributed by atoms with E-state index in [1.54, 1.807) is 0 Å². The summed E-state index contributed by atoms with van der Waals surface area (Å²) in [5.41, 5.74) is 2.07. The molecule has 1 aromatic rings. The van der Waals surface area contributed by atoms with Gasteiger partial charge in [-0.2, -0.15) is 0 Å². The molecular weight excluding hydrogens is 200 g/mol. The van der Waals surface area contributed by atoms with Gasteiger partial charge in [0.15, 0.2) is 5.82 Å². The van der Waals surface area contributed by atoms with Gasteiger partial charge < -0.3 is 4.90 Å². The smallest absolute Gasteiger partial charge is 0.150 e.